The highest BCUT2D eigenvalue weighted by Gasteiger charge is 2.22. The van der Waals surface area contributed by atoms with Gasteiger partial charge in [-0.3, -0.25) is 0 Å². The van der Waals surface area contributed by atoms with Crippen LogP contribution < -0.4 is 5.32 Å². The minimum absolute atomic E-state index is 0.249. The van der Waals surface area contributed by atoms with Gasteiger partial charge in [-0.2, -0.15) is 4.98 Å². The van der Waals surface area contributed by atoms with Gasteiger partial charge in [-0.1, -0.05) is 21.1 Å². The van der Waals surface area contributed by atoms with E-state index in [0.29, 0.717) is 21.8 Å². The zero-order chi connectivity index (χ0) is 13.2. The number of nitrogens with one attached hydrogen (secondary N) is 1. The fraction of sp³-hybridized carbons (Fsp3) is 0.385. The summed E-state index contributed by atoms with van der Waals surface area (Å²) in [5.41, 5.74) is 0.343. The van der Waals surface area contributed by atoms with Crippen LogP contribution >= 0.6 is 15.9 Å². The second-order valence-electron chi connectivity index (χ2n) is 4.61. The predicted molar refractivity (Wildman–Crippen MR) is 72.2 cm³/mol. The number of hydrogen-bond donors (Lipinski definition) is 1. The Kier molecular flexibility index (Phi) is 3.61. The fourth-order valence-electron chi connectivity index (χ4n) is 2.25. The summed E-state index contributed by atoms with van der Waals surface area (Å²) in [5.74, 6) is 0.865. The van der Waals surface area contributed by atoms with Crippen LogP contribution in [0.3, 0.4) is 0 Å². The molecule has 19 heavy (non-hydrogen) atoms. The Morgan fingerprint density at radius 3 is 2.84 bits per heavy atom. The van der Waals surface area contributed by atoms with Crippen molar-refractivity contribution in [2.24, 2.45) is 0 Å². The van der Waals surface area contributed by atoms with Crippen molar-refractivity contribution in [3.05, 3.63) is 34.3 Å². The highest BCUT2D eigenvalue weighted by molar-refractivity contribution is 9.10. The molecule has 1 fully saturated rings. The molecule has 2 heterocycles. The van der Waals surface area contributed by atoms with E-state index in [1.165, 1.54) is 6.07 Å². The first-order chi connectivity index (χ1) is 9.24. The Morgan fingerprint density at radius 1 is 1.32 bits per heavy atom. The van der Waals surface area contributed by atoms with Crippen LogP contribution in [0.2, 0.25) is 0 Å². The number of piperidine rings is 1. The maximum absolute atomic E-state index is 13.8. The van der Waals surface area contributed by atoms with E-state index in [0.717, 1.165) is 25.9 Å². The van der Waals surface area contributed by atoms with Crippen LogP contribution in [0.1, 0.15) is 24.6 Å². The number of hydrogen-bond acceptors (Lipinski definition) is 4. The molecule has 0 unspecified atom stereocenters. The second kappa shape index (κ2) is 5.38. The lowest BCUT2D eigenvalue weighted by Gasteiger charge is -2.18. The second-order valence-corrected chi connectivity index (χ2v) is 5.52. The van der Waals surface area contributed by atoms with E-state index in [9.17, 15) is 4.39 Å². The lowest BCUT2D eigenvalue weighted by molar-refractivity contribution is 0.391. The van der Waals surface area contributed by atoms with Crippen LogP contribution in [0.25, 0.3) is 11.5 Å². The number of aromatic nitrogens is 2. The molecule has 0 amide bonds. The van der Waals surface area contributed by atoms with Gasteiger partial charge in [-0.15, -0.1) is 0 Å². The van der Waals surface area contributed by atoms with Crippen molar-refractivity contribution < 1.29 is 8.91 Å². The summed E-state index contributed by atoms with van der Waals surface area (Å²) in [7, 11) is 0. The largest absolute Gasteiger partial charge is 0.334 e. The minimum Gasteiger partial charge on any atom is -0.334 e. The molecule has 0 saturated carbocycles. The Labute approximate surface area is 118 Å². The molecule has 0 atom stereocenters. The smallest absolute Gasteiger partial charge is 0.260 e. The zero-order valence-electron chi connectivity index (χ0n) is 10.2. The van der Waals surface area contributed by atoms with Gasteiger partial charge in [-0.25, -0.2) is 4.39 Å². The first-order valence-corrected chi connectivity index (χ1v) is 7.03. The van der Waals surface area contributed by atoms with E-state index in [2.05, 4.69) is 31.4 Å². The lowest BCUT2D eigenvalue weighted by atomic mass is 9.98. The number of nitrogens with zero attached hydrogens (tertiary/aromatic N) is 2. The molecule has 1 aromatic heterocycles. The summed E-state index contributed by atoms with van der Waals surface area (Å²) in [4.78, 5) is 4.33. The van der Waals surface area contributed by atoms with Gasteiger partial charge >= 0.3 is 0 Å². The Bertz CT molecular complexity index is 581. The summed E-state index contributed by atoms with van der Waals surface area (Å²) >= 11 is 3.22. The molecular weight excluding hydrogens is 313 g/mol. The molecule has 6 heteroatoms. The molecule has 100 valence electrons. The van der Waals surface area contributed by atoms with Crippen LogP contribution in [0, 0.1) is 5.82 Å². The maximum atomic E-state index is 13.8. The first-order valence-electron chi connectivity index (χ1n) is 6.24. The number of rotatable bonds is 2. The van der Waals surface area contributed by atoms with Crippen molar-refractivity contribution in [3.63, 3.8) is 0 Å². The van der Waals surface area contributed by atoms with E-state index in [-0.39, 0.29) is 11.7 Å². The Hall–Kier alpha value is -1.27. The molecule has 1 aromatic carbocycles. The van der Waals surface area contributed by atoms with Crippen LogP contribution in [-0.4, -0.2) is 23.2 Å². The Balaban J connectivity index is 1.87. The highest BCUT2D eigenvalue weighted by Crippen LogP contribution is 2.28. The molecule has 1 saturated heterocycles. The van der Waals surface area contributed by atoms with Crippen molar-refractivity contribution >= 4 is 15.9 Å². The molecular formula is C13H13BrFN3O. The average Bonchev–Trinajstić information content (AvgIpc) is 2.89. The van der Waals surface area contributed by atoms with E-state index in [4.69, 9.17) is 4.52 Å². The van der Waals surface area contributed by atoms with Crippen LogP contribution in [0.15, 0.2) is 27.2 Å². The monoisotopic (exact) mass is 325 g/mol. The van der Waals surface area contributed by atoms with Gasteiger partial charge in [0.25, 0.3) is 5.89 Å². The van der Waals surface area contributed by atoms with E-state index in [1.54, 1.807) is 12.1 Å². The molecule has 1 aliphatic heterocycles. The molecule has 0 aliphatic carbocycles. The van der Waals surface area contributed by atoms with E-state index >= 15 is 0 Å². The predicted octanol–water partition coefficient (Wildman–Crippen LogP) is 3.11. The van der Waals surface area contributed by atoms with Crippen LogP contribution in [0.4, 0.5) is 4.39 Å². The quantitative estimate of drug-likeness (QED) is 0.921. The number of halogens is 2. The van der Waals surface area contributed by atoms with Crippen molar-refractivity contribution in [1.82, 2.24) is 15.5 Å². The molecule has 0 bridgehead atoms. The molecule has 2 aromatic rings. The van der Waals surface area contributed by atoms with Gasteiger partial charge in [-0.05, 0) is 44.1 Å². The SMILES string of the molecule is Fc1cc(Br)ccc1-c1nc(C2CCNCC2)no1. The normalized spacial score (nSPS) is 16.7. The van der Waals surface area contributed by atoms with Crippen molar-refractivity contribution in [1.29, 1.82) is 0 Å². The summed E-state index contributed by atoms with van der Waals surface area (Å²) in [5, 5.41) is 7.27. The standard InChI is InChI=1S/C13H13BrFN3O/c14-9-1-2-10(11(15)7-9)13-17-12(18-19-13)8-3-5-16-6-4-8/h1-2,7-8,16H,3-6H2. The van der Waals surface area contributed by atoms with Crippen molar-refractivity contribution in [2.75, 3.05) is 13.1 Å². The molecule has 1 aliphatic rings. The molecule has 3 rings (SSSR count). The van der Waals surface area contributed by atoms with Gasteiger partial charge in [0.2, 0.25) is 0 Å². The fourth-order valence-corrected chi connectivity index (χ4v) is 2.59. The molecule has 1 N–H and O–H groups in total. The summed E-state index contributed by atoms with van der Waals surface area (Å²) < 4.78 is 19.7. The molecule has 0 spiro atoms. The first kappa shape index (κ1) is 12.7. The number of benzene rings is 1. The van der Waals surface area contributed by atoms with Gasteiger partial charge in [0.15, 0.2) is 5.82 Å². The van der Waals surface area contributed by atoms with Gasteiger partial charge in [0.1, 0.15) is 5.82 Å². The van der Waals surface area contributed by atoms with Crippen LogP contribution in [-0.2, 0) is 0 Å². The topological polar surface area (TPSA) is 51.0 Å². The summed E-state index contributed by atoms with van der Waals surface area (Å²) in [6.07, 6.45) is 1.98. The zero-order valence-corrected chi connectivity index (χ0v) is 11.8. The maximum Gasteiger partial charge on any atom is 0.260 e. The molecule has 4 nitrogen and oxygen atoms in total. The summed E-state index contributed by atoms with van der Waals surface area (Å²) in [6, 6.07) is 4.79. The minimum atomic E-state index is -0.366. The van der Waals surface area contributed by atoms with Crippen molar-refractivity contribution in [3.8, 4) is 11.5 Å². The third kappa shape index (κ3) is 2.69. The van der Waals surface area contributed by atoms with Crippen molar-refractivity contribution in [2.45, 2.75) is 18.8 Å². The highest BCUT2D eigenvalue weighted by atomic mass is 79.9. The van der Waals surface area contributed by atoms with Gasteiger partial charge in [0.05, 0.1) is 5.56 Å². The third-order valence-electron chi connectivity index (χ3n) is 3.31. The van der Waals surface area contributed by atoms with Gasteiger partial charge in [0, 0.05) is 10.4 Å². The third-order valence-corrected chi connectivity index (χ3v) is 3.80. The van der Waals surface area contributed by atoms with Crippen LogP contribution in [0.5, 0.6) is 0 Å². The Morgan fingerprint density at radius 2 is 2.11 bits per heavy atom. The van der Waals surface area contributed by atoms with Gasteiger partial charge < -0.3 is 9.84 Å². The average molecular weight is 326 g/mol. The van der Waals surface area contributed by atoms with E-state index < -0.39 is 0 Å². The molecule has 0 radical (unpaired) electrons. The lowest BCUT2D eigenvalue weighted by Crippen LogP contribution is -2.27. The van der Waals surface area contributed by atoms with E-state index in [1.807, 2.05) is 0 Å². The summed E-state index contributed by atoms with van der Waals surface area (Å²) in [6.45, 7) is 1.92.